The van der Waals surface area contributed by atoms with Crippen molar-refractivity contribution in [2.24, 2.45) is 0 Å². The van der Waals surface area contributed by atoms with E-state index in [0.29, 0.717) is 17.1 Å². The van der Waals surface area contributed by atoms with Crippen LogP contribution in [0.2, 0.25) is 15.1 Å². The summed E-state index contributed by atoms with van der Waals surface area (Å²) in [6, 6.07) is 13.4. The molecule has 0 saturated carbocycles. The number of nitro groups is 1. The molecule has 1 amide bonds. The molecular weight excluding hydrogens is 493 g/mol. The molecule has 4 rings (SSSR count). The summed E-state index contributed by atoms with van der Waals surface area (Å²) in [6.45, 7) is 0. The van der Waals surface area contributed by atoms with E-state index >= 15 is 0 Å². The summed E-state index contributed by atoms with van der Waals surface area (Å²) in [5.41, 5.74) is -0.262. The standard InChI is InChI=1S/C21H12Cl3N5O4/c22-14-6-5-11(7-16(14)24)25-21-26-19-13(20(31)27-21)8-12(29(32)33)9-18(19)28(10-30)17-4-2-1-3-15(17)23/h1-10H,(H2,25,26,27,31). The highest BCUT2D eigenvalue weighted by Gasteiger charge is 2.22. The lowest BCUT2D eigenvalue weighted by Gasteiger charge is -2.20. The molecule has 4 aromatic rings. The number of fused-ring (bicyclic) bond motifs is 1. The first-order valence-corrected chi connectivity index (χ1v) is 10.4. The van der Waals surface area contributed by atoms with Gasteiger partial charge in [-0.05, 0) is 30.3 Å². The van der Waals surface area contributed by atoms with E-state index in [1.807, 2.05) is 0 Å². The molecule has 0 unspecified atom stereocenters. The topological polar surface area (TPSA) is 121 Å². The molecule has 0 spiro atoms. The van der Waals surface area contributed by atoms with Crippen molar-refractivity contribution in [3.05, 3.63) is 90.1 Å². The Labute approximate surface area is 200 Å². The lowest BCUT2D eigenvalue weighted by atomic mass is 10.1. The lowest BCUT2D eigenvalue weighted by Crippen LogP contribution is -2.18. The number of halogens is 3. The van der Waals surface area contributed by atoms with Gasteiger partial charge in [0.15, 0.2) is 0 Å². The maximum atomic E-state index is 12.8. The second-order valence-electron chi connectivity index (χ2n) is 6.71. The van der Waals surface area contributed by atoms with E-state index in [-0.39, 0.29) is 38.3 Å². The van der Waals surface area contributed by atoms with Crippen molar-refractivity contribution in [3.63, 3.8) is 0 Å². The fourth-order valence-corrected chi connectivity index (χ4v) is 3.68. The van der Waals surface area contributed by atoms with Crippen molar-refractivity contribution in [2.45, 2.75) is 0 Å². The van der Waals surface area contributed by atoms with E-state index in [1.165, 1.54) is 6.07 Å². The molecule has 1 heterocycles. The van der Waals surface area contributed by atoms with E-state index in [9.17, 15) is 19.7 Å². The highest BCUT2D eigenvalue weighted by atomic mass is 35.5. The number of H-pyrrole nitrogens is 1. The van der Waals surface area contributed by atoms with Crippen molar-refractivity contribution >= 4 is 80.8 Å². The molecule has 9 nitrogen and oxygen atoms in total. The summed E-state index contributed by atoms with van der Waals surface area (Å²) < 4.78 is 0. The number of hydrogen-bond donors (Lipinski definition) is 2. The number of anilines is 4. The number of para-hydroxylation sites is 1. The zero-order valence-electron chi connectivity index (χ0n) is 16.4. The third-order valence-electron chi connectivity index (χ3n) is 4.64. The first kappa shape index (κ1) is 22.5. The molecule has 0 atom stereocenters. The molecule has 0 aliphatic rings. The van der Waals surface area contributed by atoms with Gasteiger partial charge in [-0.25, -0.2) is 4.98 Å². The van der Waals surface area contributed by atoms with E-state index < -0.39 is 16.2 Å². The minimum absolute atomic E-state index is 0.00517. The molecule has 33 heavy (non-hydrogen) atoms. The summed E-state index contributed by atoms with van der Waals surface area (Å²) >= 11 is 18.2. The largest absolute Gasteiger partial charge is 0.326 e. The number of aromatic nitrogens is 2. The highest BCUT2D eigenvalue weighted by molar-refractivity contribution is 6.42. The first-order valence-electron chi connectivity index (χ1n) is 9.22. The zero-order chi connectivity index (χ0) is 23.7. The SMILES string of the molecule is O=CN(c1ccccc1Cl)c1cc([N+](=O)[O-])cc2c(=O)[nH]c(Nc3ccc(Cl)c(Cl)c3)nc12. The van der Waals surface area contributed by atoms with Crippen LogP contribution in [0.15, 0.2) is 59.4 Å². The van der Waals surface area contributed by atoms with Crippen LogP contribution in [0.3, 0.4) is 0 Å². The van der Waals surface area contributed by atoms with Crippen LogP contribution in [0.4, 0.5) is 28.7 Å². The number of nitro benzene ring substituents is 1. The van der Waals surface area contributed by atoms with Crippen LogP contribution >= 0.6 is 34.8 Å². The van der Waals surface area contributed by atoms with Gasteiger partial charge in [0.25, 0.3) is 11.2 Å². The van der Waals surface area contributed by atoms with Gasteiger partial charge in [-0.3, -0.25) is 29.6 Å². The maximum Gasteiger partial charge on any atom is 0.272 e. The summed E-state index contributed by atoms with van der Waals surface area (Å²) in [7, 11) is 0. The molecule has 0 fully saturated rings. The smallest absolute Gasteiger partial charge is 0.272 e. The number of non-ortho nitro benzene ring substituents is 1. The summed E-state index contributed by atoms with van der Waals surface area (Å²) in [5.74, 6) is 0.0194. The predicted molar refractivity (Wildman–Crippen MR) is 128 cm³/mol. The van der Waals surface area contributed by atoms with Crippen LogP contribution in [0.25, 0.3) is 10.9 Å². The quantitative estimate of drug-likeness (QED) is 0.194. The number of hydrogen-bond acceptors (Lipinski definition) is 6. The fourth-order valence-electron chi connectivity index (χ4n) is 3.16. The Kier molecular flexibility index (Phi) is 6.19. The van der Waals surface area contributed by atoms with Gasteiger partial charge in [0, 0.05) is 17.8 Å². The molecule has 1 aromatic heterocycles. The monoisotopic (exact) mass is 503 g/mol. The van der Waals surface area contributed by atoms with Crippen LogP contribution in [0.1, 0.15) is 0 Å². The number of carbonyl (C=O) groups is 1. The first-order chi connectivity index (χ1) is 15.8. The van der Waals surface area contributed by atoms with Gasteiger partial charge in [0.2, 0.25) is 12.4 Å². The Bertz CT molecular complexity index is 1470. The van der Waals surface area contributed by atoms with Gasteiger partial charge in [0.05, 0.1) is 36.8 Å². The Morgan fingerprint density at radius 1 is 1.00 bits per heavy atom. The molecule has 0 aliphatic carbocycles. The van der Waals surface area contributed by atoms with Gasteiger partial charge in [0.1, 0.15) is 5.52 Å². The van der Waals surface area contributed by atoms with E-state index in [4.69, 9.17) is 34.8 Å². The maximum absolute atomic E-state index is 12.8. The molecule has 0 saturated heterocycles. The number of carbonyl (C=O) groups excluding carboxylic acids is 1. The Balaban J connectivity index is 1.94. The van der Waals surface area contributed by atoms with E-state index in [1.54, 1.807) is 36.4 Å². The number of amides is 1. The van der Waals surface area contributed by atoms with Crippen molar-refractivity contribution in [1.82, 2.24) is 9.97 Å². The molecule has 166 valence electrons. The van der Waals surface area contributed by atoms with Gasteiger partial charge in [-0.1, -0.05) is 46.9 Å². The number of aromatic amines is 1. The molecule has 3 aromatic carbocycles. The van der Waals surface area contributed by atoms with Crippen molar-refractivity contribution in [3.8, 4) is 0 Å². The minimum Gasteiger partial charge on any atom is -0.326 e. The molecule has 2 N–H and O–H groups in total. The molecule has 0 bridgehead atoms. The summed E-state index contributed by atoms with van der Waals surface area (Å²) in [5, 5.41) is 15.2. The van der Waals surface area contributed by atoms with Gasteiger partial charge in [-0.15, -0.1) is 0 Å². The molecular formula is C21H12Cl3N5O4. The van der Waals surface area contributed by atoms with E-state index in [0.717, 1.165) is 17.0 Å². The van der Waals surface area contributed by atoms with Gasteiger partial charge >= 0.3 is 0 Å². The van der Waals surface area contributed by atoms with Crippen LogP contribution < -0.4 is 15.8 Å². The summed E-state index contributed by atoms with van der Waals surface area (Å²) in [6.07, 6.45) is 0.439. The Hall–Kier alpha value is -3.66. The number of benzene rings is 3. The van der Waals surface area contributed by atoms with Crippen LogP contribution in [-0.2, 0) is 4.79 Å². The van der Waals surface area contributed by atoms with Crippen LogP contribution in [0, 0.1) is 10.1 Å². The van der Waals surface area contributed by atoms with Crippen LogP contribution in [0.5, 0.6) is 0 Å². The third kappa shape index (κ3) is 4.47. The number of nitrogens with zero attached hydrogens (tertiary/aromatic N) is 3. The van der Waals surface area contributed by atoms with Crippen molar-refractivity contribution < 1.29 is 9.72 Å². The Morgan fingerprint density at radius 2 is 1.76 bits per heavy atom. The van der Waals surface area contributed by atoms with Gasteiger partial charge < -0.3 is 5.32 Å². The second-order valence-corrected chi connectivity index (χ2v) is 7.94. The van der Waals surface area contributed by atoms with E-state index in [2.05, 4.69) is 15.3 Å². The predicted octanol–water partition coefficient (Wildman–Crippen LogP) is 5.83. The zero-order valence-corrected chi connectivity index (χ0v) is 18.6. The van der Waals surface area contributed by atoms with Crippen molar-refractivity contribution in [1.29, 1.82) is 0 Å². The molecule has 12 heteroatoms. The fraction of sp³-hybridized carbons (Fsp3) is 0. The number of nitrogens with one attached hydrogen (secondary N) is 2. The average Bonchev–Trinajstić information content (AvgIpc) is 2.78. The summed E-state index contributed by atoms with van der Waals surface area (Å²) in [4.78, 5) is 43.7. The van der Waals surface area contributed by atoms with Gasteiger partial charge in [-0.2, -0.15) is 0 Å². The van der Waals surface area contributed by atoms with Crippen LogP contribution in [-0.4, -0.2) is 21.3 Å². The Morgan fingerprint density at radius 3 is 2.42 bits per heavy atom. The van der Waals surface area contributed by atoms with Crippen molar-refractivity contribution in [2.75, 3.05) is 10.2 Å². The lowest BCUT2D eigenvalue weighted by molar-refractivity contribution is -0.384. The molecule has 0 radical (unpaired) electrons. The highest BCUT2D eigenvalue weighted by Crippen LogP contribution is 2.36. The average molecular weight is 505 g/mol. The number of rotatable bonds is 6. The minimum atomic E-state index is -0.667. The second kappa shape index (κ2) is 9.07. The normalized spacial score (nSPS) is 10.8. The molecule has 0 aliphatic heterocycles. The third-order valence-corrected chi connectivity index (χ3v) is 5.70.